The third-order valence-corrected chi connectivity index (χ3v) is 3.90. The number of aryl methyl sites for hydroxylation is 3. The van der Waals surface area contributed by atoms with Gasteiger partial charge in [-0.05, 0) is 49.7 Å². The van der Waals surface area contributed by atoms with Gasteiger partial charge in [0, 0.05) is 17.8 Å². The fourth-order valence-electron chi connectivity index (χ4n) is 2.49. The molecule has 0 bridgehead atoms. The first-order chi connectivity index (χ1) is 9.56. The molecule has 1 N–H and O–H groups in total. The monoisotopic (exact) mass is 284 g/mol. The van der Waals surface area contributed by atoms with Gasteiger partial charge in [-0.15, -0.1) is 0 Å². The van der Waals surface area contributed by atoms with Crippen LogP contribution in [-0.4, -0.2) is 19.6 Å². The number of H-pyrrole nitrogens is 1. The number of aromatic nitrogens is 4. The van der Waals surface area contributed by atoms with E-state index >= 15 is 0 Å². The van der Waals surface area contributed by atoms with Gasteiger partial charge in [0.25, 0.3) is 5.78 Å². The molecule has 2 heterocycles. The van der Waals surface area contributed by atoms with E-state index in [2.05, 4.69) is 53.2 Å². The van der Waals surface area contributed by atoms with Crippen LogP contribution in [-0.2, 0) is 6.42 Å². The first-order valence-electron chi connectivity index (χ1n) is 6.55. The Morgan fingerprint density at radius 1 is 1.15 bits per heavy atom. The maximum absolute atomic E-state index is 5.08. The van der Waals surface area contributed by atoms with Gasteiger partial charge in [0.15, 0.2) is 0 Å². The highest BCUT2D eigenvalue weighted by Gasteiger charge is 2.12. The molecular weight excluding hydrogens is 268 g/mol. The minimum Gasteiger partial charge on any atom is -0.265 e. The zero-order valence-electron chi connectivity index (χ0n) is 11.8. The van der Waals surface area contributed by atoms with Gasteiger partial charge < -0.3 is 0 Å². The molecule has 0 fully saturated rings. The van der Waals surface area contributed by atoms with Crippen LogP contribution < -0.4 is 0 Å². The lowest BCUT2D eigenvalue weighted by atomic mass is 9.99. The fraction of sp³-hybridized carbons (Fsp3) is 0.267. The predicted molar refractivity (Wildman–Crippen MR) is 81.6 cm³/mol. The topological polar surface area (TPSA) is 46.0 Å². The van der Waals surface area contributed by atoms with Crippen LogP contribution >= 0.6 is 12.2 Å². The summed E-state index contributed by atoms with van der Waals surface area (Å²) in [4.78, 5) is 8.75. The third-order valence-electron chi connectivity index (χ3n) is 3.71. The van der Waals surface area contributed by atoms with Crippen molar-refractivity contribution in [2.45, 2.75) is 27.2 Å². The minimum atomic E-state index is 0.466. The van der Waals surface area contributed by atoms with Gasteiger partial charge >= 0.3 is 0 Å². The van der Waals surface area contributed by atoms with Crippen molar-refractivity contribution in [2.75, 3.05) is 0 Å². The Hall–Kier alpha value is -2.01. The van der Waals surface area contributed by atoms with E-state index in [4.69, 9.17) is 12.2 Å². The van der Waals surface area contributed by atoms with Crippen molar-refractivity contribution in [3.8, 4) is 0 Å². The zero-order chi connectivity index (χ0) is 14.3. The lowest BCUT2D eigenvalue weighted by Crippen LogP contribution is -2.07. The molecule has 0 saturated heterocycles. The summed E-state index contributed by atoms with van der Waals surface area (Å²) in [6, 6.07) is 8.43. The highest BCUT2D eigenvalue weighted by atomic mass is 32.1. The molecule has 3 aromatic rings. The molecule has 4 nitrogen and oxygen atoms in total. The maximum Gasteiger partial charge on any atom is 0.252 e. The second kappa shape index (κ2) is 4.83. The Balaban J connectivity index is 2.16. The van der Waals surface area contributed by atoms with Crippen molar-refractivity contribution in [2.24, 2.45) is 0 Å². The van der Waals surface area contributed by atoms with E-state index < -0.39 is 0 Å². The van der Waals surface area contributed by atoms with Crippen LogP contribution in [0.2, 0.25) is 0 Å². The Labute approximate surface area is 122 Å². The van der Waals surface area contributed by atoms with E-state index in [0.29, 0.717) is 10.5 Å². The third kappa shape index (κ3) is 2.14. The molecule has 20 heavy (non-hydrogen) atoms. The van der Waals surface area contributed by atoms with Crippen LogP contribution in [0.3, 0.4) is 0 Å². The predicted octanol–water partition coefficient (Wildman–Crippen LogP) is 3.30. The highest BCUT2D eigenvalue weighted by molar-refractivity contribution is 7.71. The summed E-state index contributed by atoms with van der Waals surface area (Å²) < 4.78 is 2.33. The minimum absolute atomic E-state index is 0.466. The second-order valence-electron chi connectivity index (χ2n) is 5.03. The van der Waals surface area contributed by atoms with Crippen molar-refractivity contribution in [1.82, 2.24) is 19.6 Å². The van der Waals surface area contributed by atoms with E-state index in [1.807, 2.05) is 11.4 Å². The van der Waals surface area contributed by atoms with E-state index in [1.165, 1.54) is 16.7 Å². The van der Waals surface area contributed by atoms with Gasteiger partial charge in [0.05, 0.1) is 0 Å². The number of hydrogen-bond donors (Lipinski definition) is 1. The molecule has 0 aliphatic rings. The first-order valence-corrected chi connectivity index (χ1v) is 6.96. The average Bonchev–Trinajstić information content (AvgIpc) is 2.77. The van der Waals surface area contributed by atoms with Gasteiger partial charge in [0.1, 0.15) is 0 Å². The molecule has 3 rings (SSSR count). The van der Waals surface area contributed by atoms with Crippen LogP contribution in [0.25, 0.3) is 5.78 Å². The largest absolute Gasteiger partial charge is 0.265 e. The molecule has 0 amide bonds. The van der Waals surface area contributed by atoms with Crippen LogP contribution in [0.4, 0.5) is 0 Å². The second-order valence-corrected chi connectivity index (χ2v) is 5.42. The zero-order valence-corrected chi connectivity index (χ0v) is 12.6. The Bertz CT molecular complexity index is 845. The van der Waals surface area contributed by atoms with Crippen LogP contribution in [0.1, 0.15) is 28.1 Å². The molecule has 1 aromatic carbocycles. The molecule has 0 radical (unpaired) electrons. The van der Waals surface area contributed by atoms with Crippen molar-refractivity contribution in [1.29, 1.82) is 0 Å². The Morgan fingerprint density at radius 3 is 2.65 bits per heavy atom. The molecule has 0 atom stereocenters. The number of hydrogen-bond acceptors (Lipinski definition) is 3. The summed E-state index contributed by atoms with van der Waals surface area (Å²) in [6.45, 7) is 6.23. The smallest absolute Gasteiger partial charge is 0.252 e. The summed E-state index contributed by atoms with van der Waals surface area (Å²) in [5.41, 5.74) is 5.95. The number of benzene rings is 1. The molecule has 0 spiro atoms. The van der Waals surface area contributed by atoms with Gasteiger partial charge in [-0.25, -0.2) is 9.50 Å². The van der Waals surface area contributed by atoms with Gasteiger partial charge in [-0.2, -0.15) is 4.98 Å². The summed E-state index contributed by atoms with van der Waals surface area (Å²) in [5, 5.41) is 3.05. The Kier molecular flexibility index (Phi) is 3.14. The number of fused-ring (bicyclic) bond motifs is 1. The van der Waals surface area contributed by atoms with Crippen LogP contribution in [0.15, 0.2) is 24.3 Å². The number of nitrogens with zero attached hydrogens (tertiary/aromatic N) is 3. The average molecular weight is 284 g/mol. The van der Waals surface area contributed by atoms with E-state index in [9.17, 15) is 0 Å². The summed E-state index contributed by atoms with van der Waals surface area (Å²) in [6.07, 6.45) is 0.867. The lowest BCUT2D eigenvalue weighted by Gasteiger charge is -2.12. The molecule has 0 saturated carbocycles. The van der Waals surface area contributed by atoms with Crippen molar-refractivity contribution < 1.29 is 0 Å². The molecular formula is C15H16N4S. The fourth-order valence-corrected chi connectivity index (χ4v) is 2.66. The summed E-state index contributed by atoms with van der Waals surface area (Å²) in [7, 11) is 0. The lowest BCUT2D eigenvalue weighted by molar-refractivity contribution is 0.851. The standard InChI is InChI=1S/C15H16N4S/c1-9-6-4-5-7-12(9)8-13-10(2)16-14-17-15(20)18-19(14)11(13)3/h4-7H,8H2,1-3H3,(H,18,20). The van der Waals surface area contributed by atoms with E-state index in [0.717, 1.165) is 17.8 Å². The number of rotatable bonds is 2. The van der Waals surface area contributed by atoms with Crippen LogP contribution in [0, 0.1) is 25.5 Å². The van der Waals surface area contributed by atoms with Crippen molar-refractivity contribution in [3.63, 3.8) is 0 Å². The Morgan fingerprint density at radius 2 is 1.90 bits per heavy atom. The van der Waals surface area contributed by atoms with Gasteiger partial charge in [-0.1, -0.05) is 24.3 Å². The summed E-state index contributed by atoms with van der Waals surface area (Å²) in [5.74, 6) is 0.638. The summed E-state index contributed by atoms with van der Waals surface area (Å²) >= 11 is 5.08. The molecule has 2 aromatic heterocycles. The molecule has 0 aliphatic carbocycles. The van der Waals surface area contributed by atoms with Gasteiger partial charge in [-0.3, -0.25) is 5.10 Å². The molecule has 0 aliphatic heterocycles. The molecule has 5 heteroatoms. The molecule has 0 unspecified atom stereocenters. The maximum atomic E-state index is 5.08. The normalized spacial score (nSPS) is 11.2. The molecule has 102 valence electrons. The van der Waals surface area contributed by atoms with Crippen molar-refractivity contribution >= 4 is 18.0 Å². The highest BCUT2D eigenvalue weighted by Crippen LogP contribution is 2.19. The SMILES string of the molecule is Cc1ccccc1Cc1c(C)nc2nc(=S)[nH]n2c1C. The van der Waals surface area contributed by atoms with Crippen LogP contribution in [0.5, 0.6) is 0 Å². The first kappa shape index (κ1) is 13.0. The quantitative estimate of drug-likeness (QED) is 0.734. The van der Waals surface area contributed by atoms with Gasteiger partial charge in [0.2, 0.25) is 4.77 Å². The number of aromatic amines is 1. The van der Waals surface area contributed by atoms with Crippen molar-refractivity contribution in [3.05, 3.63) is 57.1 Å². The number of nitrogens with one attached hydrogen (secondary N) is 1. The van der Waals surface area contributed by atoms with E-state index in [1.54, 1.807) is 0 Å². The van der Waals surface area contributed by atoms with E-state index in [-0.39, 0.29) is 0 Å².